The molecular formula is C11H13Br2NO. The molecular weight excluding hydrogens is 322 g/mol. The van der Waals surface area contributed by atoms with Crippen LogP contribution in [-0.4, -0.2) is 11.1 Å². The zero-order chi connectivity index (χ0) is 11.4. The summed E-state index contributed by atoms with van der Waals surface area (Å²) in [5, 5.41) is 13.0. The first-order valence-corrected chi connectivity index (χ1v) is 6.16. The molecule has 0 saturated carbocycles. The van der Waals surface area contributed by atoms with Crippen molar-refractivity contribution >= 4 is 31.9 Å². The van der Waals surface area contributed by atoms with E-state index in [-0.39, 0.29) is 11.8 Å². The van der Waals surface area contributed by atoms with Gasteiger partial charge in [-0.15, -0.1) is 6.58 Å². The average Bonchev–Trinajstić information content (AvgIpc) is 2.20. The predicted octanol–water partition coefficient (Wildman–Crippen LogP) is 3.58. The van der Waals surface area contributed by atoms with E-state index < -0.39 is 0 Å². The van der Waals surface area contributed by atoms with E-state index in [1.807, 2.05) is 25.1 Å². The minimum absolute atomic E-state index is 0.224. The summed E-state index contributed by atoms with van der Waals surface area (Å²) < 4.78 is 1.63. The summed E-state index contributed by atoms with van der Waals surface area (Å²) in [6, 6.07) is 3.93. The molecule has 0 heterocycles. The Morgan fingerprint density at radius 2 is 2.20 bits per heavy atom. The average molecular weight is 335 g/mol. The number of benzene rings is 1. The Bertz CT molecular complexity index is 366. The van der Waals surface area contributed by atoms with Crippen molar-refractivity contribution in [2.45, 2.75) is 19.5 Å². The van der Waals surface area contributed by atoms with Gasteiger partial charge in [-0.3, -0.25) is 0 Å². The molecule has 82 valence electrons. The molecule has 0 aromatic heterocycles. The van der Waals surface area contributed by atoms with Crippen molar-refractivity contribution in [3.63, 3.8) is 0 Å². The summed E-state index contributed by atoms with van der Waals surface area (Å²) in [6.07, 6.45) is 1.82. The zero-order valence-electron chi connectivity index (χ0n) is 8.43. The van der Waals surface area contributed by atoms with Crippen LogP contribution in [0.4, 0.5) is 0 Å². The van der Waals surface area contributed by atoms with Gasteiger partial charge in [-0.2, -0.15) is 0 Å². The zero-order valence-corrected chi connectivity index (χ0v) is 11.6. The van der Waals surface area contributed by atoms with Crippen molar-refractivity contribution in [3.8, 4) is 5.75 Å². The molecule has 2 nitrogen and oxygen atoms in total. The van der Waals surface area contributed by atoms with Gasteiger partial charge in [-0.05, 0) is 35.0 Å². The molecule has 0 spiro atoms. The number of phenols is 1. The van der Waals surface area contributed by atoms with Crippen molar-refractivity contribution in [2.75, 3.05) is 0 Å². The Hall–Kier alpha value is -0.320. The number of hydrogen-bond acceptors (Lipinski definition) is 2. The summed E-state index contributed by atoms with van der Waals surface area (Å²) in [5.41, 5.74) is 0.852. The van der Waals surface area contributed by atoms with E-state index in [4.69, 9.17) is 0 Å². The molecule has 15 heavy (non-hydrogen) atoms. The SMILES string of the molecule is C=CC(C)NCc1cc(Br)cc(Br)c1O. The van der Waals surface area contributed by atoms with Crippen molar-refractivity contribution in [2.24, 2.45) is 0 Å². The van der Waals surface area contributed by atoms with Crippen molar-refractivity contribution in [1.82, 2.24) is 5.32 Å². The second-order valence-corrected chi connectivity index (χ2v) is 5.07. The van der Waals surface area contributed by atoms with Crippen LogP contribution in [0.25, 0.3) is 0 Å². The number of hydrogen-bond donors (Lipinski definition) is 2. The van der Waals surface area contributed by atoms with Gasteiger partial charge in [0.1, 0.15) is 5.75 Å². The molecule has 0 amide bonds. The maximum Gasteiger partial charge on any atom is 0.134 e. The third-order valence-electron chi connectivity index (χ3n) is 2.08. The van der Waals surface area contributed by atoms with E-state index in [0.29, 0.717) is 11.0 Å². The third kappa shape index (κ3) is 3.63. The predicted molar refractivity (Wildman–Crippen MR) is 70.0 cm³/mol. The lowest BCUT2D eigenvalue weighted by Gasteiger charge is -2.11. The molecule has 1 unspecified atom stereocenters. The van der Waals surface area contributed by atoms with Crippen molar-refractivity contribution in [1.29, 1.82) is 0 Å². The molecule has 2 N–H and O–H groups in total. The molecule has 0 bridgehead atoms. The quantitative estimate of drug-likeness (QED) is 0.825. The van der Waals surface area contributed by atoms with Crippen LogP contribution in [0.3, 0.4) is 0 Å². The third-order valence-corrected chi connectivity index (χ3v) is 3.14. The highest BCUT2D eigenvalue weighted by Gasteiger charge is 2.07. The summed E-state index contributed by atoms with van der Waals surface area (Å²) >= 11 is 6.68. The fourth-order valence-corrected chi connectivity index (χ4v) is 2.42. The van der Waals surface area contributed by atoms with Crippen LogP contribution in [0, 0.1) is 0 Å². The summed E-state index contributed by atoms with van der Waals surface area (Å²) in [6.45, 7) is 6.31. The summed E-state index contributed by atoms with van der Waals surface area (Å²) in [4.78, 5) is 0. The van der Waals surface area contributed by atoms with Crippen molar-refractivity contribution < 1.29 is 5.11 Å². The Morgan fingerprint density at radius 1 is 1.53 bits per heavy atom. The molecule has 0 saturated heterocycles. The Kier molecular flexibility index (Phi) is 4.83. The standard InChI is InChI=1S/C11H13Br2NO/c1-3-7(2)14-6-8-4-9(12)5-10(13)11(8)15/h3-5,7,14-15H,1,6H2,2H3. The van der Waals surface area contributed by atoms with Crippen LogP contribution in [-0.2, 0) is 6.54 Å². The van der Waals surface area contributed by atoms with Crippen LogP contribution >= 0.6 is 31.9 Å². The van der Waals surface area contributed by atoms with Gasteiger partial charge in [0.15, 0.2) is 0 Å². The molecule has 1 rings (SSSR count). The van der Waals surface area contributed by atoms with Crippen LogP contribution in [0.2, 0.25) is 0 Å². The monoisotopic (exact) mass is 333 g/mol. The van der Waals surface area contributed by atoms with Gasteiger partial charge in [-0.25, -0.2) is 0 Å². The number of halogens is 2. The Labute approximate surface area is 107 Å². The minimum atomic E-state index is 0.224. The molecule has 1 atom stereocenters. The van der Waals surface area contributed by atoms with E-state index in [1.54, 1.807) is 0 Å². The molecule has 0 aliphatic heterocycles. The maximum atomic E-state index is 9.77. The highest BCUT2D eigenvalue weighted by molar-refractivity contribution is 9.11. The Balaban J connectivity index is 2.80. The first-order chi connectivity index (χ1) is 7.04. The molecule has 0 radical (unpaired) electrons. The van der Waals surface area contributed by atoms with Gasteiger partial charge in [0, 0.05) is 22.6 Å². The smallest absolute Gasteiger partial charge is 0.134 e. The van der Waals surface area contributed by atoms with E-state index in [9.17, 15) is 5.11 Å². The topological polar surface area (TPSA) is 32.3 Å². The second kappa shape index (κ2) is 5.68. The largest absolute Gasteiger partial charge is 0.506 e. The number of aromatic hydroxyl groups is 1. The lowest BCUT2D eigenvalue weighted by Crippen LogP contribution is -2.22. The van der Waals surface area contributed by atoms with Gasteiger partial charge in [-0.1, -0.05) is 22.0 Å². The molecule has 1 aromatic rings. The lowest BCUT2D eigenvalue weighted by molar-refractivity contribution is 0.459. The van der Waals surface area contributed by atoms with Gasteiger partial charge < -0.3 is 10.4 Å². The summed E-state index contributed by atoms with van der Waals surface area (Å²) in [7, 11) is 0. The fourth-order valence-electron chi connectivity index (χ4n) is 1.11. The van der Waals surface area contributed by atoms with Crippen molar-refractivity contribution in [3.05, 3.63) is 39.3 Å². The summed E-state index contributed by atoms with van der Waals surface area (Å²) in [5.74, 6) is 0.280. The maximum absolute atomic E-state index is 9.77. The second-order valence-electron chi connectivity index (χ2n) is 3.30. The van der Waals surface area contributed by atoms with Crippen LogP contribution in [0.15, 0.2) is 33.7 Å². The number of rotatable bonds is 4. The normalized spacial score (nSPS) is 12.5. The molecule has 4 heteroatoms. The highest BCUT2D eigenvalue weighted by Crippen LogP contribution is 2.31. The first kappa shape index (κ1) is 12.7. The van der Waals surface area contributed by atoms with E-state index >= 15 is 0 Å². The molecule has 1 aromatic carbocycles. The number of nitrogens with one attached hydrogen (secondary N) is 1. The van der Waals surface area contributed by atoms with Gasteiger partial charge >= 0.3 is 0 Å². The lowest BCUT2D eigenvalue weighted by atomic mass is 10.2. The number of phenolic OH excluding ortho intramolecular Hbond substituents is 1. The first-order valence-electron chi connectivity index (χ1n) is 4.57. The van der Waals surface area contributed by atoms with Gasteiger partial charge in [0.05, 0.1) is 4.47 Å². The fraction of sp³-hybridized carbons (Fsp3) is 0.273. The molecule has 0 fully saturated rings. The highest BCUT2D eigenvalue weighted by atomic mass is 79.9. The van der Waals surface area contributed by atoms with E-state index in [0.717, 1.165) is 10.0 Å². The molecule has 0 aliphatic rings. The van der Waals surface area contributed by atoms with Crippen LogP contribution in [0.5, 0.6) is 5.75 Å². The van der Waals surface area contributed by atoms with Gasteiger partial charge in [0.2, 0.25) is 0 Å². The van der Waals surface area contributed by atoms with E-state index in [2.05, 4.69) is 43.8 Å². The minimum Gasteiger partial charge on any atom is -0.506 e. The Morgan fingerprint density at radius 3 is 2.80 bits per heavy atom. The van der Waals surface area contributed by atoms with Gasteiger partial charge in [0.25, 0.3) is 0 Å². The van der Waals surface area contributed by atoms with E-state index in [1.165, 1.54) is 0 Å². The van der Waals surface area contributed by atoms with Crippen LogP contribution < -0.4 is 5.32 Å². The molecule has 0 aliphatic carbocycles. The van der Waals surface area contributed by atoms with Crippen LogP contribution in [0.1, 0.15) is 12.5 Å².